The van der Waals surface area contributed by atoms with Gasteiger partial charge in [0.15, 0.2) is 0 Å². The summed E-state index contributed by atoms with van der Waals surface area (Å²) in [6.07, 6.45) is 4.58. The summed E-state index contributed by atoms with van der Waals surface area (Å²) < 4.78 is 1.87. The fourth-order valence-corrected chi connectivity index (χ4v) is 2.12. The zero-order valence-corrected chi connectivity index (χ0v) is 10.5. The third-order valence-corrected chi connectivity index (χ3v) is 3.40. The molecule has 0 saturated carbocycles. The molecule has 1 aliphatic heterocycles. The summed E-state index contributed by atoms with van der Waals surface area (Å²) in [4.78, 5) is 11.4. The van der Waals surface area contributed by atoms with Gasteiger partial charge in [0.25, 0.3) is 0 Å². The average molecular weight is 236 g/mol. The van der Waals surface area contributed by atoms with E-state index in [1.165, 1.54) is 11.3 Å². The molecule has 1 aliphatic rings. The van der Waals surface area contributed by atoms with Gasteiger partial charge in [0.1, 0.15) is 0 Å². The minimum atomic E-state index is 0.155. The first-order valence-corrected chi connectivity index (χ1v) is 6.14. The molecule has 1 aromatic heterocycles. The second-order valence-electron chi connectivity index (χ2n) is 4.65. The van der Waals surface area contributed by atoms with Crippen LogP contribution in [0.4, 0.5) is 0 Å². The van der Waals surface area contributed by atoms with Crippen LogP contribution in [0.1, 0.15) is 30.5 Å². The van der Waals surface area contributed by atoms with Crippen molar-refractivity contribution in [1.29, 1.82) is 0 Å². The number of carbonyl (C=O) groups is 1. The van der Waals surface area contributed by atoms with Crippen molar-refractivity contribution >= 4 is 5.91 Å². The lowest BCUT2D eigenvalue weighted by atomic mass is 10.1. The van der Waals surface area contributed by atoms with Gasteiger partial charge in [0.2, 0.25) is 5.91 Å². The molecular weight excluding hydrogens is 216 g/mol. The zero-order valence-electron chi connectivity index (χ0n) is 10.5. The Labute approximate surface area is 102 Å². The van der Waals surface area contributed by atoms with E-state index in [0.717, 1.165) is 25.9 Å². The normalized spacial score (nSPS) is 21.1. The van der Waals surface area contributed by atoms with Crippen LogP contribution in [0.15, 0.2) is 6.20 Å². The van der Waals surface area contributed by atoms with E-state index in [9.17, 15) is 4.79 Å². The van der Waals surface area contributed by atoms with Crippen molar-refractivity contribution in [3.8, 4) is 0 Å². The van der Waals surface area contributed by atoms with Crippen LogP contribution in [0.3, 0.4) is 0 Å². The van der Waals surface area contributed by atoms with Crippen LogP contribution in [-0.2, 0) is 18.4 Å². The van der Waals surface area contributed by atoms with Crippen molar-refractivity contribution < 1.29 is 4.79 Å². The number of hydrogen-bond donors (Lipinski definition) is 2. The smallest absolute Gasteiger partial charge is 0.221 e. The lowest BCUT2D eigenvalue weighted by Crippen LogP contribution is -2.32. The lowest BCUT2D eigenvalue weighted by Gasteiger charge is -2.14. The van der Waals surface area contributed by atoms with E-state index in [-0.39, 0.29) is 11.9 Å². The highest BCUT2D eigenvalue weighted by molar-refractivity contribution is 5.76. The van der Waals surface area contributed by atoms with Crippen molar-refractivity contribution in [3.63, 3.8) is 0 Å². The van der Waals surface area contributed by atoms with E-state index in [4.69, 9.17) is 0 Å². The summed E-state index contributed by atoms with van der Waals surface area (Å²) >= 11 is 0. The van der Waals surface area contributed by atoms with E-state index in [2.05, 4.69) is 22.7 Å². The molecule has 2 N–H and O–H groups in total. The molecule has 0 aromatic carbocycles. The average Bonchev–Trinajstić information content (AvgIpc) is 2.52. The summed E-state index contributed by atoms with van der Waals surface area (Å²) in [6.45, 7) is 3.66. The second kappa shape index (κ2) is 5.31. The standard InChI is InChI=1S/C12H20N4O/c1-9-10(8-15-16(9)2)7-14-11-4-3-5-13-12(17)6-11/h8,11,14H,3-7H2,1-2H3,(H,13,17). The molecule has 1 saturated heterocycles. The van der Waals surface area contributed by atoms with Crippen LogP contribution in [0, 0.1) is 6.92 Å². The monoisotopic (exact) mass is 236 g/mol. The van der Waals surface area contributed by atoms with Crippen molar-refractivity contribution in [2.75, 3.05) is 6.54 Å². The molecule has 2 rings (SSSR count). The van der Waals surface area contributed by atoms with Crippen molar-refractivity contribution in [1.82, 2.24) is 20.4 Å². The lowest BCUT2D eigenvalue weighted by molar-refractivity contribution is -0.121. The molecule has 17 heavy (non-hydrogen) atoms. The van der Waals surface area contributed by atoms with Crippen LogP contribution in [-0.4, -0.2) is 28.3 Å². The number of hydrogen-bond acceptors (Lipinski definition) is 3. The summed E-state index contributed by atoms with van der Waals surface area (Å²) in [6, 6.07) is 0.289. The quantitative estimate of drug-likeness (QED) is 0.803. The molecule has 0 aliphatic carbocycles. The molecule has 0 bridgehead atoms. The fraction of sp³-hybridized carbons (Fsp3) is 0.667. The number of aryl methyl sites for hydroxylation is 1. The molecule has 5 nitrogen and oxygen atoms in total. The number of amides is 1. The summed E-state index contributed by atoms with van der Waals surface area (Å²) in [5.74, 6) is 0.155. The van der Waals surface area contributed by atoms with Crippen LogP contribution < -0.4 is 10.6 Å². The van der Waals surface area contributed by atoms with E-state index in [1.807, 2.05) is 17.9 Å². The minimum Gasteiger partial charge on any atom is -0.356 e. The van der Waals surface area contributed by atoms with Gasteiger partial charge in [-0.3, -0.25) is 9.48 Å². The number of carbonyl (C=O) groups excluding carboxylic acids is 1. The maximum Gasteiger partial charge on any atom is 0.221 e. The summed E-state index contributed by atoms with van der Waals surface area (Å²) in [5.41, 5.74) is 2.38. The Kier molecular flexibility index (Phi) is 3.78. The first-order chi connectivity index (χ1) is 8.16. The third-order valence-electron chi connectivity index (χ3n) is 3.40. The topological polar surface area (TPSA) is 58.9 Å². The van der Waals surface area contributed by atoms with Gasteiger partial charge in [-0.25, -0.2) is 0 Å². The van der Waals surface area contributed by atoms with Gasteiger partial charge in [-0.05, 0) is 19.8 Å². The molecule has 0 radical (unpaired) electrons. The predicted molar refractivity (Wildman–Crippen MR) is 65.4 cm³/mol. The number of aromatic nitrogens is 2. The first kappa shape index (κ1) is 12.1. The highest BCUT2D eigenvalue weighted by Gasteiger charge is 2.17. The third kappa shape index (κ3) is 3.06. The van der Waals surface area contributed by atoms with E-state index in [1.54, 1.807) is 0 Å². The van der Waals surface area contributed by atoms with E-state index >= 15 is 0 Å². The predicted octanol–water partition coefficient (Wildman–Crippen LogP) is 0.487. The van der Waals surface area contributed by atoms with Gasteiger partial charge in [-0.1, -0.05) is 0 Å². The van der Waals surface area contributed by atoms with Crippen molar-refractivity contribution in [2.24, 2.45) is 7.05 Å². The van der Waals surface area contributed by atoms with Crippen LogP contribution in [0.25, 0.3) is 0 Å². The molecule has 1 aromatic rings. The number of nitrogens with one attached hydrogen (secondary N) is 2. The van der Waals surface area contributed by atoms with Gasteiger partial charge in [-0.15, -0.1) is 0 Å². The zero-order chi connectivity index (χ0) is 12.3. The summed E-state index contributed by atoms with van der Waals surface area (Å²) in [7, 11) is 1.94. The fourth-order valence-electron chi connectivity index (χ4n) is 2.12. The number of rotatable bonds is 3. The van der Waals surface area contributed by atoms with Crippen molar-refractivity contribution in [3.05, 3.63) is 17.5 Å². The molecule has 94 valence electrons. The van der Waals surface area contributed by atoms with E-state index < -0.39 is 0 Å². The van der Waals surface area contributed by atoms with Gasteiger partial charge >= 0.3 is 0 Å². The molecule has 1 amide bonds. The SMILES string of the molecule is Cc1c(CNC2CCCNC(=O)C2)cnn1C. The molecular formula is C12H20N4O. The van der Waals surface area contributed by atoms with Gasteiger partial charge < -0.3 is 10.6 Å². The molecule has 1 fully saturated rings. The first-order valence-electron chi connectivity index (χ1n) is 6.14. The molecule has 0 spiro atoms. The van der Waals surface area contributed by atoms with Gasteiger partial charge in [-0.2, -0.15) is 5.10 Å². The summed E-state index contributed by atoms with van der Waals surface area (Å²) in [5, 5.41) is 10.6. The Morgan fingerprint density at radius 2 is 2.47 bits per heavy atom. The second-order valence-corrected chi connectivity index (χ2v) is 4.65. The maximum absolute atomic E-state index is 11.4. The molecule has 1 unspecified atom stereocenters. The van der Waals surface area contributed by atoms with Crippen molar-refractivity contribution in [2.45, 2.75) is 38.8 Å². The Balaban J connectivity index is 1.89. The minimum absolute atomic E-state index is 0.155. The highest BCUT2D eigenvalue weighted by Crippen LogP contribution is 2.09. The van der Waals surface area contributed by atoms with Crippen LogP contribution in [0.2, 0.25) is 0 Å². The Bertz CT molecular complexity index is 399. The van der Waals surface area contributed by atoms with Crippen LogP contribution >= 0.6 is 0 Å². The van der Waals surface area contributed by atoms with Gasteiger partial charge in [0.05, 0.1) is 6.20 Å². The molecule has 5 heteroatoms. The Morgan fingerprint density at radius 1 is 1.65 bits per heavy atom. The molecule has 1 atom stereocenters. The maximum atomic E-state index is 11.4. The Morgan fingerprint density at radius 3 is 3.18 bits per heavy atom. The highest BCUT2D eigenvalue weighted by atomic mass is 16.1. The Hall–Kier alpha value is -1.36. The number of nitrogens with zero attached hydrogens (tertiary/aromatic N) is 2. The van der Waals surface area contributed by atoms with Gasteiger partial charge in [0, 0.05) is 43.9 Å². The largest absolute Gasteiger partial charge is 0.356 e. The van der Waals surface area contributed by atoms with E-state index in [0.29, 0.717) is 6.42 Å². The van der Waals surface area contributed by atoms with Crippen LogP contribution in [0.5, 0.6) is 0 Å². The molecule has 2 heterocycles.